The Labute approximate surface area is 375 Å². The minimum Gasteiger partial charge on any atom is -0.457 e. The Morgan fingerprint density at radius 2 is 0.531 bits per heavy atom. The van der Waals surface area contributed by atoms with Crippen LogP contribution in [0.3, 0.4) is 0 Å². The molecule has 10 aromatic rings. The highest BCUT2D eigenvalue weighted by atomic mass is 16.5. The number of hydrogen-bond donors (Lipinski definition) is 0. The summed E-state index contributed by atoms with van der Waals surface area (Å²) in [6, 6.07) is 81.4. The first-order valence-corrected chi connectivity index (χ1v) is 21.9. The largest absolute Gasteiger partial charge is 0.457 e. The third-order valence-electron chi connectivity index (χ3n) is 12.6. The molecule has 0 aliphatic carbocycles. The van der Waals surface area contributed by atoms with Crippen molar-refractivity contribution in [3.63, 3.8) is 0 Å². The molecule has 0 saturated carbocycles. The van der Waals surface area contributed by atoms with E-state index in [4.69, 9.17) is 14.7 Å². The molecule has 3 nitrogen and oxygen atoms in total. The van der Waals surface area contributed by atoms with Crippen LogP contribution in [0.2, 0.25) is 0 Å². The molecular formula is C61H44N2O. The van der Waals surface area contributed by atoms with Crippen LogP contribution in [0.15, 0.2) is 231 Å². The van der Waals surface area contributed by atoms with Crippen LogP contribution in [-0.2, 0) is 5.41 Å². The van der Waals surface area contributed by atoms with Crippen molar-refractivity contribution in [1.29, 1.82) is 0 Å². The maximum atomic E-state index is 6.63. The first-order chi connectivity index (χ1) is 31.4. The number of rotatable bonds is 8. The highest BCUT2D eigenvalue weighted by Crippen LogP contribution is 2.50. The van der Waals surface area contributed by atoms with Gasteiger partial charge in [-0.25, -0.2) is 9.97 Å². The summed E-state index contributed by atoms with van der Waals surface area (Å²) in [4.78, 5) is 10.2. The predicted octanol–water partition coefficient (Wildman–Crippen LogP) is 16.2. The Balaban J connectivity index is 0.879. The Bertz CT molecular complexity index is 2930. The van der Waals surface area contributed by atoms with E-state index in [1.165, 1.54) is 11.1 Å². The lowest BCUT2D eigenvalue weighted by molar-refractivity contribution is 0.418. The van der Waals surface area contributed by atoms with Crippen molar-refractivity contribution >= 4 is 0 Å². The molecule has 3 heterocycles. The number of fused-ring (bicyclic) bond motifs is 2. The molecule has 2 aromatic heterocycles. The zero-order valence-electron chi connectivity index (χ0n) is 35.7. The van der Waals surface area contributed by atoms with Gasteiger partial charge in [-0.05, 0) is 93.0 Å². The molecule has 304 valence electrons. The first kappa shape index (κ1) is 38.8. The van der Waals surface area contributed by atoms with Gasteiger partial charge in [0.1, 0.15) is 11.5 Å². The smallest absolute Gasteiger partial charge is 0.131 e. The predicted molar refractivity (Wildman–Crippen MR) is 264 cm³/mol. The Hall–Kier alpha value is -8.14. The monoisotopic (exact) mass is 820 g/mol. The summed E-state index contributed by atoms with van der Waals surface area (Å²) in [5.74, 6) is 1.80. The van der Waals surface area contributed by atoms with E-state index >= 15 is 0 Å². The van der Waals surface area contributed by atoms with Gasteiger partial charge in [0.05, 0.1) is 22.8 Å². The van der Waals surface area contributed by atoms with Gasteiger partial charge in [-0.1, -0.05) is 196 Å². The number of ether oxygens (including phenoxy) is 1. The number of hydrogen-bond acceptors (Lipinski definition) is 3. The molecule has 64 heavy (non-hydrogen) atoms. The maximum absolute atomic E-state index is 6.63. The molecule has 0 saturated heterocycles. The second kappa shape index (κ2) is 16.3. The van der Waals surface area contributed by atoms with Crippen molar-refractivity contribution in [2.75, 3.05) is 0 Å². The molecule has 0 atom stereocenters. The zero-order valence-corrected chi connectivity index (χ0v) is 35.7. The summed E-state index contributed by atoms with van der Waals surface area (Å²) in [6.07, 6.45) is 0. The Morgan fingerprint density at radius 3 is 0.828 bits per heavy atom. The van der Waals surface area contributed by atoms with Crippen LogP contribution in [0.5, 0.6) is 11.5 Å². The molecule has 0 bridgehead atoms. The summed E-state index contributed by atoms with van der Waals surface area (Å²) in [5, 5.41) is 0. The standard InChI is InChI=1S/C61H44N2O/c1-61(2)53-35-49(41-23-27-43(28-24-41)51-37-55(45-15-7-3-8-16-45)62-56(38-51)46-17-9-4-10-18-46)31-33-59(53)64-60-34-32-50(36-54(60)61)42-25-29-44(30-26-42)52-39-57(47-19-11-5-12-20-47)63-58(40-52)48-21-13-6-14-22-48/h3-40H,1-2H3. The highest BCUT2D eigenvalue weighted by molar-refractivity contribution is 5.81. The van der Waals surface area contributed by atoms with Crippen molar-refractivity contribution in [3.05, 3.63) is 242 Å². The molecule has 0 spiro atoms. The molecule has 1 aliphatic heterocycles. The summed E-state index contributed by atoms with van der Waals surface area (Å²) < 4.78 is 6.63. The van der Waals surface area contributed by atoms with Crippen LogP contribution in [0.1, 0.15) is 25.0 Å². The summed E-state index contributed by atoms with van der Waals surface area (Å²) in [7, 11) is 0. The van der Waals surface area contributed by atoms with E-state index < -0.39 is 0 Å². The van der Waals surface area contributed by atoms with Crippen molar-refractivity contribution in [3.8, 4) is 101 Å². The van der Waals surface area contributed by atoms with Gasteiger partial charge in [-0.2, -0.15) is 0 Å². The molecule has 0 N–H and O–H groups in total. The fraction of sp³-hybridized carbons (Fsp3) is 0.0492. The quantitative estimate of drug-likeness (QED) is 0.153. The summed E-state index contributed by atoms with van der Waals surface area (Å²) in [5.41, 5.74) is 19.4. The van der Waals surface area contributed by atoms with Crippen LogP contribution in [0, 0.1) is 0 Å². The fourth-order valence-corrected chi connectivity index (χ4v) is 8.97. The average Bonchev–Trinajstić information content (AvgIpc) is 3.37. The van der Waals surface area contributed by atoms with Crippen LogP contribution in [-0.4, -0.2) is 9.97 Å². The van der Waals surface area contributed by atoms with E-state index in [0.29, 0.717) is 0 Å². The fourth-order valence-electron chi connectivity index (χ4n) is 8.97. The third-order valence-corrected chi connectivity index (χ3v) is 12.6. The molecule has 8 aromatic carbocycles. The number of pyridine rings is 2. The highest BCUT2D eigenvalue weighted by Gasteiger charge is 2.35. The molecule has 11 rings (SSSR count). The lowest BCUT2D eigenvalue weighted by Crippen LogP contribution is -2.24. The van der Waals surface area contributed by atoms with Crippen LogP contribution in [0.4, 0.5) is 0 Å². The molecule has 0 radical (unpaired) electrons. The van der Waals surface area contributed by atoms with Crippen molar-refractivity contribution < 1.29 is 4.74 Å². The van der Waals surface area contributed by atoms with Crippen molar-refractivity contribution in [1.82, 2.24) is 9.97 Å². The average molecular weight is 821 g/mol. The van der Waals surface area contributed by atoms with Gasteiger partial charge in [-0.3, -0.25) is 0 Å². The molecule has 0 amide bonds. The van der Waals surface area contributed by atoms with E-state index in [0.717, 1.165) is 101 Å². The van der Waals surface area contributed by atoms with Crippen LogP contribution < -0.4 is 4.74 Å². The minimum atomic E-state index is -0.299. The van der Waals surface area contributed by atoms with E-state index in [1.54, 1.807) is 0 Å². The lowest BCUT2D eigenvalue weighted by Gasteiger charge is -2.35. The Morgan fingerprint density at radius 1 is 0.266 bits per heavy atom. The van der Waals surface area contributed by atoms with Crippen molar-refractivity contribution in [2.45, 2.75) is 19.3 Å². The number of aromatic nitrogens is 2. The molecule has 0 fully saturated rings. The van der Waals surface area contributed by atoms with E-state index in [1.807, 2.05) is 24.3 Å². The van der Waals surface area contributed by atoms with Gasteiger partial charge in [0.15, 0.2) is 0 Å². The van der Waals surface area contributed by atoms with Crippen LogP contribution in [0.25, 0.3) is 89.5 Å². The molecule has 0 unspecified atom stereocenters. The maximum Gasteiger partial charge on any atom is 0.131 e. The van der Waals surface area contributed by atoms with E-state index in [-0.39, 0.29) is 5.41 Å². The van der Waals surface area contributed by atoms with Gasteiger partial charge >= 0.3 is 0 Å². The normalized spacial score (nSPS) is 12.5. The third kappa shape index (κ3) is 7.48. The first-order valence-electron chi connectivity index (χ1n) is 21.9. The second-order valence-corrected chi connectivity index (χ2v) is 17.0. The lowest BCUT2D eigenvalue weighted by atomic mass is 9.74. The van der Waals surface area contributed by atoms with Gasteiger partial charge < -0.3 is 4.74 Å². The summed E-state index contributed by atoms with van der Waals surface area (Å²) >= 11 is 0. The second-order valence-electron chi connectivity index (χ2n) is 17.0. The topological polar surface area (TPSA) is 35.0 Å². The molecular weight excluding hydrogens is 777 g/mol. The van der Waals surface area contributed by atoms with Gasteiger partial charge in [-0.15, -0.1) is 0 Å². The minimum absolute atomic E-state index is 0.299. The number of benzene rings is 8. The van der Waals surface area contributed by atoms with Gasteiger partial charge in [0.25, 0.3) is 0 Å². The Kier molecular flexibility index (Phi) is 9.86. The van der Waals surface area contributed by atoms with Crippen molar-refractivity contribution in [2.24, 2.45) is 0 Å². The van der Waals surface area contributed by atoms with E-state index in [2.05, 4.69) is 220 Å². The van der Waals surface area contributed by atoms with Gasteiger partial charge in [0, 0.05) is 38.8 Å². The molecule has 1 aliphatic rings. The summed E-state index contributed by atoms with van der Waals surface area (Å²) in [6.45, 7) is 4.62. The van der Waals surface area contributed by atoms with Gasteiger partial charge in [0.2, 0.25) is 0 Å². The molecule has 3 heteroatoms. The SMILES string of the molecule is CC1(C)c2cc(-c3ccc(-c4cc(-c5ccccc5)nc(-c5ccccc5)c4)cc3)ccc2Oc2ccc(-c3ccc(-c4cc(-c5ccccc5)nc(-c5ccccc5)c4)cc3)cc21. The van der Waals surface area contributed by atoms with E-state index in [9.17, 15) is 0 Å². The zero-order chi connectivity index (χ0) is 43.0. The van der Waals surface area contributed by atoms with Crippen LogP contribution >= 0.6 is 0 Å². The number of nitrogens with zero attached hydrogens (tertiary/aromatic N) is 2.